The first-order valence-electron chi connectivity index (χ1n) is 6.86. The van der Waals surface area contributed by atoms with Crippen LogP contribution in [0.4, 0.5) is 0 Å². The van der Waals surface area contributed by atoms with Gasteiger partial charge in [0.15, 0.2) is 0 Å². The lowest BCUT2D eigenvalue weighted by Crippen LogP contribution is -2.42. The van der Waals surface area contributed by atoms with Crippen LogP contribution in [-0.2, 0) is 5.54 Å². The van der Waals surface area contributed by atoms with Crippen molar-refractivity contribution in [3.05, 3.63) is 33.8 Å². The minimum absolute atomic E-state index is 0.0720. The van der Waals surface area contributed by atoms with Gasteiger partial charge in [-0.2, -0.15) is 0 Å². The lowest BCUT2D eigenvalue weighted by Gasteiger charge is -2.37. The lowest BCUT2D eigenvalue weighted by atomic mass is 9.86. The Hall–Kier alpha value is -0.380. The largest absolute Gasteiger partial charge is 0.321 e. The second kappa shape index (κ2) is 4.62. The fraction of sp³-hybridized carbons (Fsp3) is 0.600. The number of rotatable bonds is 2. The number of nitrogens with two attached hydrogens (primary N) is 1. The summed E-state index contributed by atoms with van der Waals surface area (Å²) in [6, 6.07) is 6.80. The van der Waals surface area contributed by atoms with Gasteiger partial charge in [-0.1, -0.05) is 40.9 Å². The van der Waals surface area contributed by atoms with Gasteiger partial charge in [0.25, 0.3) is 0 Å². The van der Waals surface area contributed by atoms with E-state index in [1.807, 2.05) is 0 Å². The Kier molecular flexibility index (Phi) is 3.25. The van der Waals surface area contributed by atoms with Crippen molar-refractivity contribution >= 4 is 15.9 Å². The van der Waals surface area contributed by atoms with E-state index in [1.165, 1.54) is 41.5 Å². The molecule has 3 heteroatoms. The number of benzene rings is 1. The second-order valence-electron chi connectivity index (χ2n) is 6.02. The Balaban J connectivity index is 1.85. The third kappa shape index (κ3) is 2.13. The van der Waals surface area contributed by atoms with Crippen LogP contribution in [0.25, 0.3) is 0 Å². The van der Waals surface area contributed by atoms with Gasteiger partial charge in [-0.3, -0.25) is 0 Å². The van der Waals surface area contributed by atoms with Crippen LogP contribution in [0, 0.1) is 0 Å². The smallest absolute Gasteiger partial charge is 0.0410 e. The van der Waals surface area contributed by atoms with Gasteiger partial charge in [0.2, 0.25) is 0 Å². The summed E-state index contributed by atoms with van der Waals surface area (Å²) >= 11 is 3.74. The molecular weight excluding hydrogens is 288 g/mol. The Morgan fingerprint density at radius 1 is 1.28 bits per heavy atom. The summed E-state index contributed by atoms with van der Waals surface area (Å²) in [5.41, 5.74) is 9.19. The van der Waals surface area contributed by atoms with Gasteiger partial charge in [-0.25, -0.2) is 0 Å². The molecule has 1 heterocycles. The molecule has 98 valence electrons. The van der Waals surface area contributed by atoms with Crippen molar-refractivity contribution in [1.82, 2.24) is 4.90 Å². The zero-order valence-electron chi connectivity index (χ0n) is 11.0. The van der Waals surface area contributed by atoms with E-state index in [-0.39, 0.29) is 5.54 Å². The first kappa shape index (κ1) is 12.6. The number of likely N-dealkylation sites (N-methyl/N-ethyl adjacent to an activating group) is 1. The summed E-state index contributed by atoms with van der Waals surface area (Å²) < 4.78 is 1.25. The molecule has 0 unspecified atom stereocenters. The SMILES string of the molecule is CN1CC(c2ccc(C3(N)CCCC3)cc2Br)C1. The van der Waals surface area contributed by atoms with Crippen LogP contribution in [-0.4, -0.2) is 25.0 Å². The fourth-order valence-electron chi connectivity index (χ4n) is 3.36. The molecule has 18 heavy (non-hydrogen) atoms. The molecule has 2 N–H and O–H groups in total. The molecule has 0 radical (unpaired) electrons. The summed E-state index contributed by atoms with van der Waals surface area (Å²) in [6.07, 6.45) is 4.79. The van der Waals surface area contributed by atoms with Gasteiger partial charge >= 0.3 is 0 Å². The third-order valence-electron chi connectivity index (χ3n) is 4.58. The molecule has 1 aromatic carbocycles. The second-order valence-corrected chi connectivity index (χ2v) is 6.87. The maximum Gasteiger partial charge on any atom is 0.0410 e. The average molecular weight is 309 g/mol. The van der Waals surface area contributed by atoms with Crippen LogP contribution in [0.15, 0.2) is 22.7 Å². The molecule has 0 bridgehead atoms. The molecule has 0 spiro atoms. The van der Waals surface area contributed by atoms with Crippen LogP contribution < -0.4 is 5.73 Å². The highest BCUT2D eigenvalue weighted by molar-refractivity contribution is 9.10. The van der Waals surface area contributed by atoms with Crippen molar-refractivity contribution in [3.8, 4) is 0 Å². The minimum atomic E-state index is -0.0720. The van der Waals surface area contributed by atoms with Crippen molar-refractivity contribution < 1.29 is 0 Å². The quantitative estimate of drug-likeness (QED) is 0.909. The van der Waals surface area contributed by atoms with Gasteiger partial charge in [0, 0.05) is 29.0 Å². The molecule has 0 aromatic heterocycles. The molecule has 1 saturated heterocycles. The summed E-state index contributed by atoms with van der Waals surface area (Å²) in [6.45, 7) is 2.34. The van der Waals surface area contributed by atoms with E-state index in [4.69, 9.17) is 5.73 Å². The minimum Gasteiger partial charge on any atom is -0.321 e. The highest BCUT2D eigenvalue weighted by atomic mass is 79.9. The van der Waals surface area contributed by atoms with Gasteiger partial charge in [0.05, 0.1) is 0 Å². The standard InChI is InChI=1S/C15H21BrN2/c1-18-9-11(10-18)13-5-4-12(8-14(13)16)15(17)6-2-3-7-15/h4-5,8,11H,2-3,6-7,9-10,17H2,1H3. The number of likely N-dealkylation sites (tertiary alicyclic amines) is 1. The van der Waals surface area contributed by atoms with Gasteiger partial charge in [-0.05, 0) is 37.1 Å². The number of halogens is 1. The Bertz CT molecular complexity index is 446. The fourth-order valence-corrected chi connectivity index (χ4v) is 4.06. The van der Waals surface area contributed by atoms with Crippen LogP contribution in [0.2, 0.25) is 0 Å². The maximum atomic E-state index is 6.51. The van der Waals surface area contributed by atoms with E-state index in [0.29, 0.717) is 5.92 Å². The zero-order chi connectivity index (χ0) is 12.8. The van der Waals surface area contributed by atoms with Crippen LogP contribution in [0.5, 0.6) is 0 Å². The topological polar surface area (TPSA) is 29.3 Å². The molecule has 2 fully saturated rings. The van der Waals surface area contributed by atoms with Gasteiger partial charge in [-0.15, -0.1) is 0 Å². The normalized spacial score (nSPS) is 24.2. The molecule has 2 nitrogen and oxygen atoms in total. The van der Waals surface area contributed by atoms with Crippen molar-refractivity contribution in [1.29, 1.82) is 0 Å². The van der Waals surface area contributed by atoms with Crippen LogP contribution >= 0.6 is 15.9 Å². The molecule has 1 saturated carbocycles. The monoisotopic (exact) mass is 308 g/mol. The first-order chi connectivity index (χ1) is 8.58. The van der Waals surface area contributed by atoms with Crippen LogP contribution in [0.3, 0.4) is 0 Å². The average Bonchev–Trinajstić information content (AvgIpc) is 2.74. The van der Waals surface area contributed by atoms with Crippen molar-refractivity contribution in [2.75, 3.05) is 20.1 Å². The maximum absolute atomic E-state index is 6.51. The molecule has 3 rings (SSSR count). The van der Waals surface area contributed by atoms with E-state index < -0.39 is 0 Å². The van der Waals surface area contributed by atoms with Gasteiger partial charge in [0.1, 0.15) is 0 Å². The summed E-state index contributed by atoms with van der Waals surface area (Å²) in [7, 11) is 2.17. The predicted octanol–water partition coefficient (Wildman–Crippen LogP) is 3.21. The number of hydrogen-bond acceptors (Lipinski definition) is 2. The molecular formula is C15H21BrN2. The highest BCUT2D eigenvalue weighted by Crippen LogP contribution is 2.39. The van der Waals surface area contributed by atoms with Crippen molar-refractivity contribution in [2.24, 2.45) is 5.73 Å². The number of hydrogen-bond donors (Lipinski definition) is 1. The Labute approximate surface area is 118 Å². The molecule has 0 amide bonds. The summed E-state index contributed by atoms with van der Waals surface area (Å²) in [4.78, 5) is 2.35. The summed E-state index contributed by atoms with van der Waals surface area (Å²) in [5.74, 6) is 0.690. The molecule has 0 atom stereocenters. The zero-order valence-corrected chi connectivity index (χ0v) is 12.5. The van der Waals surface area contributed by atoms with E-state index in [9.17, 15) is 0 Å². The first-order valence-corrected chi connectivity index (χ1v) is 7.65. The molecule has 1 aromatic rings. The Morgan fingerprint density at radius 3 is 2.50 bits per heavy atom. The highest BCUT2D eigenvalue weighted by Gasteiger charge is 2.32. The summed E-state index contributed by atoms with van der Waals surface area (Å²) in [5, 5.41) is 0. The van der Waals surface area contributed by atoms with Crippen molar-refractivity contribution in [2.45, 2.75) is 37.1 Å². The lowest BCUT2D eigenvalue weighted by molar-refractivity contribution is 0.189. The Morgan fingerprint density at radius 2 is 1.94 bits per heavy atom. The van der Waals surface area contributed by atoms with Crippen molar-refractivity contribution in [3.63, 3.8) is 0 Å². The van der Waals surface area contributed by atoms with E-state index in [0.717, 1.165) is 12.8 Å². The molecule has 1 aliphatic carbocycles. The van der Waals surface area contributed by atoms with E-state index in [2.05, 4.69) is 46.1 Å². The molecule has 2 aliphatic rings. The van der Waals surface area contributed by atoms with E-state index in [1.54, 1.807) is 0 Å². The third-order valence-corrected chi connectivity index (χ3v) is 5.26. The number of nitrogens with zero attached hydrogens (tertiary/aromatic N) is 1. The predicted molar refractivity (Wildman–Crippen MR) is 78.7 cm³/mol. The van der Waals surface area contributed by atoms with E-state index >= 15 is 0 Å². The van der Waals surface area contributed by atoms with Crippen LogP contribution in [0.1, 0.15) is 42.7 Å². The molecule has 1 aliphatic heterocycles. The van der Waals surface area contributed by atoms with Gasteiger partial charge < -0.3 is 10.6 Å².